The van der Waals surface area contributed by atoms with Crippen molar-refractivity contribution in [3.8, 4) is 180 Å². The summed E-state index contributed by atoms with van der Waals surface area (Å²) in [6, 6.07) is 142. The summed E-state index contributed by atoms with van der Waals surface area (Å²) < 4.78 is 0. The fraction of sp³-hybridized carbons (Fsp3) is 0. The topological polar surface area (TPSA) is 129 Å². The zero-order valence-corrected chi connectivity index (χ0v) is 62.9. The van der Waals surface area contributed by atoms with Crippen molar-refractivity contribution in [1.82, 2.24) is 49.8 Å². The van der Waals surface area contributed by atoms with Gasteiger partial charge >= 0.3 is 0 Å². The number of fused-ring (bicyclic) bond motifs is 2. The predicted octanol–water partition coefficient (Wildman–Crippen LogP) is 26.3. The Kier molecular flexibility index (Phi) is 19.6. The minimum absolute atomic E-state index is 0.670. The first kappa shape index (κ1) is 70.6. The summed E-state index contributed by atoms with van der Waals surface area (Å²) >= 11 is 0. The maximum atomic E-state index is 5.03. The van der Waals surface area contributed by atoms with Crippen molar-refractivity contribution in [2.24, 2.45) is 0 Å². The van der Waals surface area contributed by atoms with Crippen molar-refractivity contribution >= 4 is 21.5 Å². The Balaban J connectivity index is 0.000000155. The highest BCUT2D eigenvalue weighted by Gasteiger charge is 2.19. The van der Waals surface area contributed by atoms with Gasteiger partial charge in [-0.3, -0.25) is 9.97 Å². The third kappa shape index (κ3) is 15.3. The van der Waals surface area contributed by atoms with E-state index in [1.165, 1.54) is 32.7 Å². The molecule has 0 aliphatic carbocycles. The minimum Gasteiger partial charge on any atom is -0.255 e. The molecule has 0 saturated heterocycles. The van der Waals surface area contributed by atoms with Crippen molar-refractivity contribution in [3.05, 3.63) is 425 Å². The van der Waals surface area contributed by atoms with E-state index in [1.807, 2.05) is 182 Å². The summed E-state index contributed by atoms with van der Waals surface area (Å²) in [6.45, 7) is 0. The van der Waals surface area contributed by atoms with E-state index >= 15 is 0 Å². The molecule has 10 nitrogen and oxygen atoms in total. The second kappa shape index (κ2) is 32.3. The first-order valence-electron chi connectivity index (χ1n) is 38.6. The van der Waals surface area contributed by atoms with Crippen molar-refractivity contribution in [2.75, 3.05) is 0 Å². The van der Waals surface area contributed by atoms with Crippen molar-refractivity contribution in [1.29, 1.82) is 0 Å². The molecule has 0 aliphatic heterocycles. The second-order valence-corrected chi connectivity index (χ2v) is 28.3. The Morgan fingerprint density at radius 3 is 0.647 bits per heavy atom. The van der Waals surface area contributed by atoms with Gasteiger partial charge in [-0.05, 0) is 127 Å². The lowest BCUT2D eigenvalue weighted by atomic mass is 9.94. The Bertz CT molecular complexity index is 6200. The Morgan fingerprint density at radius 1 is 0.129 bits per heavy atom. The standard InChI is InChI=1S/C54H36N4.C52H34N6/c1-5-14-39(15-6-1)49-35-51(57-53(55-49)43-18-9-3-10-19-43)41-28-24-37(25-29-41)45-32-33-48-46(34-45)22-13-23-47(48)38-26-30-42(31-27-38)52-36-50(40-16-7-2-8-17-40)56-54(58-52)44-20-11-4-12-21-44;1-3-12-39(13-4-1)51-55-47(33-49(57-51)45-18-7-9-30-53-45)37-24-20-35(21-25-37)41-28-29-44-42(32-41)16-11-17-43(44)36-22-26-38(27-23-36)48-34-50(46-19-8-10-31-54-46)58-52(56-48)40-14-5-2-6-15-40/h1-36H;1-34H. The molecule has 116 heavy (non-hydrogen) atoms. The third-order valence-corrected chi connectivity index (χ3v) is 20.8. The summed E-state index contributed by atoms with van der Waals surface area (Å²) in [5.74, 6) is 2.76. The van der Waals surface area contributed by atoms with Crippen LogP contribution in [0.5, 0.6) is 0 Å². The molecule has 0 amide bonds. The molecule has 20 aromatic rings. The van der Waals surface area contributed by atoms with Crippen LogP contribution in [-0.4, -0.2) is 49.8 Å². The van der Waals surface area contributed by atoms with Crippen LogP contribution in [0.15, 0.2) is 425 Å². The van der Waals surface area contributed by atoms with Gasteiger partial charge in [0.25, 0.3) is 0 Å². The molecule has 10 heteroatoms. The van der Waals surface area contributed by atoms with E-state index in [0.717, 1.165) is 146 Å². The summed E-state index contributed by atoms with van der Waals surface area (Å²) in [4.78, 5) is 48.9. The van der Waals surface area contributed by atoms with Crippen LogP contribution in [0.2, 0.25) is 0 Å². The Labute approximate surface area is 672 Å². The highest BCUT2D eigenvalue weighted by Crippen LogP contribution is 2.39. The van der Waals surface area contributed by atoms with Gasteiger partial charge in [-0.25, -0.2) is 39.9 Å². The highest BCUT2D eigenvalue weighted by atomic mass is 14.9. The fourth-order valence-corrected chi connectivity index (χ4v) is 14.8. The molecule has 0 atom stereocenters. The predicted molar refractivity (Wildman–Crippen MR) is 473 cm³/mol. The Morgan fingerprint density at radius 2 is 0.362 bits per heavy atom. The first-order chi connectivity index (χ1) is 57.4. The summed E-state index contributed by atoms with van der Waals surface area (Å²) in [5, 5.41) is 4.76. The molecular weight excluding hydrogens is 1410 g/mol. The second-order valence-electron chi connectivity index (χ2n) is 28.3. The lowest BCUT2D eigenvalue weighted by Gasteiger charge is -2.12. The molecule has 0 unspecified atom stereocenters. The van der Waals surface area contributed by atoms with Crippen LogP contribution in [0, 0.1) is 0 Å². The number of benzene rings is 14. The van der Waals surface area contributed by atoms with Crippen LogP contribution < -0.4 is 0 Å². The molecule has 0 fully saturated rings. The van der Waals surface area contributed by atoms with E-state index in [0.29, 0.717) is 23.3 Å². The van der Waals surface area contributed by atoms with E-state index in [-0.39, 0.29) is 0 Å². The van der Waals surface area contributed by atoms with Gasteiger partial charge in [0.05, 0.1) is 56.9 Å². The molecule has 0 aliphatic rings. The lowest BCUT2D eigenvalue weighted by Crippen LogP contribution is -1.96. The van der Waals surface area contributed by atoms with Crippen molar-refractivity contribution in [3.63, 3.8) is 0 Å². The number of hydrogen-bond acceptors (Lipinski definition) is 10. The van der Waals surface area contributed by atoms with Crippen LogP contribution >= 0.6 is 0 Å². The molecule has 0 radical (unpaired) electrons. The van der Waals surface area contributed by atoms with Gasteiger partial charge in [-0.15, -0.1) is 0 Å². The van der Waals surface area contributed by atoms with Gasteiger partial charge < -0.3 is 0 Å². The highest BCUT2D eigenvalue weighted by molar-refractivity contribution is 6.01. The molecule has 0 N–H and O–H groups in total. The van der Waals surface area contributed by atoms with E-state index in [2.05, 4.69) is 240 Å². The van der Waals surface area contributed by atoms with Crippen molar-refractivity contribution < 1.29 is 0 Å². The van der Waals surface area contributed by atoms with E-state index in [9.17, 15) is 0 Å². The molecule has 0 saturated carbocycles. The molecule has 0 spiro atoms. The number of pyridine rings is 2. The lowest BCUT2D eigenvalue weighted by molar-refractivity contribution is 1.16. The molecule has 6 aromatic heterocycles. The minimum atomic E-state index is 0.670. The molecular formula is C106H70N10. The summed E-state index contributed by atoms with van der Waals surface area (Å²) in [5.41, 5.74) is 27.9. The third-order valence-electron chi connectivity index (χ3n) is 20.8. The smallest absolute Gasteiger partial charge is 0.160 e. The van der Waals surface area contributed by atoms with Crippen LogP contribution in [0.4, 0.5) is 0 Å². The Hall–Kier alpha value is -15.8. The summed E-state index contributed by atoms with van der Waals surface area (Å²) in [6.07, 6.45) is 3.58. The quantitative estimate of drug-likeness (QED) is 0.0922. The van der Waals surface area contributed by atoms with Gasteiger partial charge in [0.15, 0.2) is 23.3 Å². The fourth-order valence-electron chi connectivity index (χ4n) is 14.8. The van der Waals surface area contributed by atoms with E-state index < -0.39 is 0 Å². The molecule has 544 valence electrons. The maximum absolute atomic E-state index is 5.03. The van der Waals surface area contributed by atoms with Gasteiger partial charge in [-0.1, -0.05) is 352 Å². The number of aromatic nitrogens is 10. The SMILES string of the molecule is c1ccc(-c2cc(-c3ccc(-c4ccc5c(-c6ccc(-c7cc(-c8ccccc8)nc(-c8ccccc8)n7)cc6)cccc5c4)cc3)nc(-c3ccccc3)n2)cc1.c1ccc(-c2nc(-c3ccc(-c4ccc5c(-c6ccc(-c7cc(-c8ccccn8)nc(-c8ccccc8)n7)cc6)cccc5c4)cc3)cc(-c3ccccn3)n2)cc1. The zero-order valence-electron chi connectivity index (χ0n) is 62.9. The normalized spacial score (nSPS) is 11.1. The number of rotatable bonds is 16. The van der Waals surface area contributed by atoms with Gasteiger partial charge in [-0.2, -0.15) is 0 Å². The van der Waals surface area contributed by atoms with E-state index in [4.69, 9.17) is 39.9 Å². The average molecular weight is 1480 g/mol. The monoisotopic (exact) mass is 1480 g/mol. The maximum Gasteiger partial charge on any atom is 0.160 e. The van der Waals surface area contributed by atoms with Crippen LogP contribution in [-0.2, 0) is 0 Å². The molecule has 0 bridgehead atoms. The first-order valence-corrected chi connectivity index (χ1v) is 38.6. The largest absolute Gasteiger partial charge is 0.255 e. The zero-order chi connectivity index (χ0) is 77.4. The van der Waals surface area contributed by atoms with Gasteiger partial charge in [0, 0.05) is 68.0 Å². The van der Waals surface area contributed by atoms with Crippen LogP contribution in [0.25, 0.3) is 202 Å². The van der Waals surface area contributed by atoms with Crippen molar-refractivity contribution in [2.45, 2.75) is 0 Å². The number of nitrogens with zero attached hydrogens (tertiary/aromatic N) is 10. The van der Waals surface area contributed by atoms with E-state index in [1.54, 1.807) is 12.4 Å². The van der Waals surface area contributed by atoms with Gasteiger partial charge in [0.2, 0.25) is 0 Å². The van der Waals surface area contributed by atoms with Gasteiger partial charge in [0.1, 0.15) is 0 Å². The summed E-state index contributed by atoms with van der Waals surface area (Å²) in [7, 11) is 0. The van der Waals surface area contributed by atoms with Crippen LogP contribution in [0.3, 0.4) is 0 Å². The molecule has 6 heterocycles. The molecule has 14 aromatic carbocycles. The van der Waals surface area contributed by atoms with Crippen LogP contribution in [0.1, 0.15) is 0 Å². The molecule has 20 rings (SSSR count). The average Bonchev–Trinajstić information content (AvgIpc) is 0.784. The number of hydrogen-bond donors (Lipinski definition) is 0.